The van der Waals surface area contributed by atoms with Crippen LogP contribution in [0.2, 0.25) is 0 Å². The van der Waals surface area contributed by atoms with Crippen molar-refractivity contribution in [3.8, 4) is 5.75 Å². The topological polar surface area (TPSA) is 35.2 Å². The molecule has 3 heteroatoms. The van der Waals surface area contributed by atoms with Crippen LogP contribution in [-0.4, -0.2) is 7.11 Å². The van der Waals surface area contributed by atoms with E-state index in [-0.39, 0.29) is 0 Å². The molecule has 0 radical (unpaired) electrons. The monoisotopic (exact) mass is 155 g/mol. The SMILES string of the molecule is COc1ccccc1SN. The molecule has 2 N–H and O–H groups in total. The maximum Gasteiger partial charge on any atom is 0.133 e. The second kappa shape index (κ2) is 3.49. The van der Waals surface area contributed by atoms with Crippen molar-refractivity contribution in [2.24, 2.45) is 5.14 Å². The van der Waals surface area contributed by atoms with Gasteiger partial charge in [-0.25, -0.2) is 0 Å². The second-order valence-electron chi connectivity index (χ2n) is 1.77. The van der Waals surface area contributed by atoms with Gasteiger partial charge in [0.15, 0.2) is 0 Å². The highest BCUT2D eigenvalue weighted by atomic mass is 32.2. The number of benzene rings is 1. The van der Waals surface area contributed by atoms with E-state index in [2.05, 4.69) is 0 Å². The fourth-order valence-corrected chi connectivity index (χ4v) is 1.14. The average molecular weight is 155 g/mol. The molecule has 0 aromatic heterocycles. The van der Waals surface area contributed by atoms with Crippen LogP contribution in [0.15, 0.2) is 29.2 Å². The van der Waals surface area contributed by atoms with Crippen LogP contribution in [0.1, 0.15) is 0 Å². The standard InChI is InChI=1S/C7H9NOS/c1-9-6-4-2-3-5-7(6)10-8/h2-5H,8H2,1H3. The molecular weight excluding hydrogens is 146 g/mol. The molecular formula is C7H9NOS. The zero-order valence-corrected chi connectivity index (χ0v) is 6.52. The van der Waals surface area contributed by atoms with Crippen molar-refractivity contribution in [3.63, 3.8) is 0 Å². The Morgan fingerprint density at radius 1 is 1.40 bits per heavy atom. The lowest BCUT2D eigenvalue weighted by Crippen LogP contribution is -1.87. The molecule has 0 fully saturated rings. The Labute approximate surface area is 64.5 Å². The normalized spacial score (nSPS) is 9.40. The molecule has 10 heavy (non-hydrogen) atoms. The molecule has 2 nitrogen and oxygen atoms in total. The first kappa shape index (κ1) is 7.44. The van der Waals surface area contributed by atoms with Gasteiger partial charge >= 0.3 is 0 Å². The molecule has 0 unspecified atom stereocenters. The van der Waals surface area contributed by atoms with Gasteiger partial charge < -0.3 is 4.74 Å². The fourth-order valence-electron chi connectivity index (χ4n) is 0.716. The van der Waals surface area contributed by atoms with E-state index >= 15 is 0 Å². The highest BCUT2D eigenvalue weighted by Gasteiger charge is 1.97. The summed E-state index contributed by atoms with van der Waals surface area (Å²) in [5.74, 6) is 0.829. The van der Waals surface area contributed by atoms with Crippen molar-refractivity contribution in [1.82, 2.24) is 0 Å². The summed E-state index contributed by atoms with van der Waals surface area (Å²) in [4.78, 5) is 0.963. The summed E-state index contributed by atoms with van der Waals surface area (Å²) in [5.41, 5.74) is 0. The van der Waals surface area contributed by atoms with Gasteiger partial charge in [-0.2, -0.15) is 0 Å². The van der Waals surface area contributed by atoms with Crippen molar-refractivity contribution < 1.29 is 4.74 Å². The molecule has 0 spiro atoms. The van der Waals surface area contributed by atoms with Gasteiger partial charge in [-0.05, 0) is 24.1 Å². The van der Waals surface area contributed by atoms with E-state index in [1.807, 2.05) is 24.3 Å². The van der Waals surface area contributed by atoms with Gasteiger partial charge in [0, 0.05) is 0 Å². The largest absolute Gasteiger partial charge is 0.496 e. The number of methoxy groups -OCH3 is 1. The predicted octanol–water partition coefficient (Wildman–Crippen LogP) is 1.66. The molecule has 0 amide bonds. The van der Waals surface area contributed by atoms with Gasteiger partial charge in [0.05, 0.1) is 12.0 Å². The van der Waals surface area contributed by atoms with E-state index in [1.54, 1.807) is 7.11 Å². The fraction of sp³-hybridized carbons (Fsp3) is 0.143. The Morgan fingerprint density at radius 2 is 2.10 bits per heavy atom. The van der Waals surface area contributed by atoms with Crippen LogP contribution < -0.4 is 9.88 Å². The van der Waals surface area contributed by atoms with E-state index in [9.17, 15) is 0 Å². The quantitative estimate of drug-likeness (QED) is 0.660. The van der Waals surface area contributed by atoms with Gasteiger partial charge in [0.1, 0.15) is 5.75 Å². The van der Waals surface area contributed by atoms with Crippen LogP contribution in [0.5, 0.6) is 5.75 Å². The number of ether oxygens (including phenoxy) is 1. The maximum absolute atomic E-state index is 5.36. The summed E-state index contributed by atoms with van der Waals surface area (Å²) in [7, 11) is 1.63. The third kappa shape index (κ3) is 1.43. The predicted molar refractivity (Wildman–Crippen MR) is 43.0 cm³/mol. The first-order valence-corrected chi connectivity index (χ1v) is 3.76. The zero-order chi connectivity index (χ0) is 7.40. The van der Waals surface area contributed by atoms with Crippen LogP contribution in [0.3, 0.4) is 0 Å². The molecule has 0 saturated carbocycles. The zero-order valence-electron chi connectivity index (χ0n) is 5.70. The van der Waals surface area contributed by atoms with Crippen LogP contribution in [0.4, 0.5) is 0 Å². The maximum atomic E-state index is 5.36. The van der Waals surface area contributed by atoms with Crippen LogP contribution >= 0.6 is 11.9 Å². The van der Waals surface area contributed by atoms with Gasteiger partial charge in [-0.15, -0.1) is 0 Å². The minimum Gasteiger partial charge on any atom is -0.496 e. The molecule has 1 rings (SSSR count). The molecule has 0 heterocycles. The van der Waals surface area contributed by atoms with Gasteiger partial charge in [-0.1, -0.05) is 12.1 Å². The van der Waals surface area contributed by atoms with Crippen molar-refractivity contribution in [2.75, 3.05) is 7.11 Å². The summed E-state index contributed by atoms with van der Waals surface area (Å²) in [6.45, 7) is 0. The third-order valence-electron chi connectivity index (χ3n) is 1.20. The molecule has 0 aliphatic heterocycles. The number of rotatable bonds is 2. The molecule has 0 bridgehead atoms. The number of hydrogen-bond donors (Lipinski definition) is 1. The Kier molecular flexibility index (Phi) is 2.59. The van der Waals surface area contributed by atoms with Crippen molar-refractivity contribution in [2.45, 2.75) is 4.90 Å². The lowest BCUT2D eigenvalue weighted by atomic mass is 10.3. The second-order valence-corrected chi connectivity index (χ2v) is 2.44. The Balaban J connectivity index is 2.96. The Bertz CT molecular complexity index is 192. The van der Waals surface area contributed by atoms with Gasteiger partial charge in [-0.3, -0.25) is 5.14 Å². The van der Waals surface area contributed by atoms with E-state index in [4.69, 9.17) is 9.88 Å². The van der Waals surface area contributed by atoms with E-state index in [0.717, 1.165) is 10.6 Å². The lowest BCUT2D eigenvalue weighted by Gasteiger charge is -2.02. The molecule has 1 aromatic rings. The van der Waals surface area contributed by atoms with Crippen LogP contribution in [-0.2, 0) is 0 Å². The average Bonchev–Trinajstić information content (AvgIpc) is 2.04. The molecule has 1 aromatic carbocycles. The highest BCUT2D eigenvalue weighted by molar-refractivity contribution is 7.97. The molecule has 0 saturated heterocycles. The van der Waals surface area contributed by atoms with Crippen molar-refractivity contribution >= 4 is 11.9 Å². The first-order valence-electron chi connectivity index (χ1n) is 2.88. The summed E-state index contributed by atoms with van der Waals surface area (Å²) in [6.07, 6.45) is 0. The lowest BCUT2D eigenvalue weighted by molar-refractivity contribution is 0.405. The number of hydrogen-bond acceptors (Lipinski definition) is 3. The summed E-state index contributed by atoms with van der Waals surface area (Å²) < 4.78 is 5.04. The minimum absolute atomic E-state index is 0.829. The molecule has 0 atom stereocenters. The number of para-hydroxylation sites is 1. The van der Waals surface area contributed by atoms with E-state index in [1.165, 1.54) is 11.9 Å². The van der Waals surface area contributed by atoms with Crippen LogP contribution in [0, 0.1) is 0 Å². The first-order chi connectivity index (χ1) is 4.88. The third-order valence-corrected chi connectivity index (χ3v) is 1.79. The summed E-state index contributed by atoms with van der Waals surface area (Å²) in [5, 5.41) is 5.36. The van der Waals surface area contributed by atoms with E-state index < -0.39 is 0 Å². The summed E-state index contributed by atoms with van der Waals surface area (Å²) in [6, 6.07) is 7.65. The Morgan fingerprint density at radius 3 is 2.60 bits per heavy atom. The highest BCUT2D eigenvalue weighted by Crippen LogP contribution is 2.24. The molecule has 0 aliphatic rings. The van der Waals surface area contributed by atoms with Crippen molar-refractivity contribution in [3.05, 3.63) is 24.3 Å². The van der Waals surface area contributed by atoms with Gasteiger partial charge in [0.25, 0.3) is 0 Å². The Hall–Kier alpha value is -0.670. The smallest absolute Gasteiger partial charge is 0.133 e. The molecule has 54 valence electrons. The molecule has 0 aliphatic carbocycles. The van der Waals surface area contributed by atoms with Crippen molar-refractivity contribution in [1.29, 1.82) is 0 Å². The summed E-state index contributed by atoms with van der Waals surface area (Å²) >= 11 is 1.19. The van der Waals surface area contributed by atoms with Crippen LogP contribution in [0.25, 0.3) is 0 Å². The number of nitrogens with two attached hydrogens (primary N) is 1. The van der Waals surface area contributed by atoms with Gasteiger partial charge in [0.2, 0.25) is 0 Å². The minimum atomic E-state index is 0.829. The van der Waals surface area contributed by atoms with E-state index in [0.29, 0.717) is 0 Å².